The van der Waals surface area contributed by atoms with Crippen LogP contribution in [0.15, 0.2) is 0 Å². The summed E-state index contributed by atoms with van der Waals surface area (Å²) < 4.78 is 10.7. The summed E-state index contributed by atoms with van der Waals surface area (Å²) in [6.45, 7) is 4.08. The maximum Gasteiger partial charge on any atom is 0.229 e. The summed E-state index contributed by atoms with van der Waals surface area (Å²) in [5.74, 6) is 0.755. The number of thiazole rings is 1. The topological polar surface area (TPSA) is 60.6 Å². The van der Waals surface area contributed by atoms with Crippen molar-refractivity contribution in [2.45, 2.75) is 12.8 Å². The molecule has 2 rings (SSSR count). The zero-order valence-corrected chi connectivity index (χ0v) is 11.0. The van der Waals surface area contributed by atoms with Crippen molar-refractivity contribution >= 4 is 16.5 Å². The Balaban J connectivity index is 2.08. The van der Waals surface area contributed by atoms with E-state index in [1.807, 2.05) is 0 Å². The van der Waals surface area contributed by atoms with Gasteiger partial charge in [0.05, 0.1) is 25.2 Å². The Labute approximate surface area is 106 Å². The molecule has 1 aromatic heterocycles. The van der Waals surface area contributed by atoms with Crippen LogP contribution < -0.4 is 15.4 Å². The maximum atomic E-state index is 5.53. The van der Waals surface area contributed by atoms with E-state index in [-0.39, 0.29) is 0 Å². The van der Waals surface area contributed by atoms with Gasteiger partial charge >= 0.3 is 0 Å². The largest absolute Gasteiger partial charge is 0.480 e. The highest BCUT2D eigenvalue weighted by Gasteiger charge is 2.18. The molecule has 0 aliphatic carbocycles. The van der Waals surface area contributed by atoms with E-state index in [0.29, 0.717) is 6.54 Å². The molecular formula is C11H19N3O2S. The van der Waals surface area contributed by atoms with Gasteiger partial charge in [-0.25, -0.2) is 0 Å². The Morgan fingerprint density at radius 1 is 1.47 bits per heavy atom. The van der Waals surface area contributed by atoms with E-state index < -0.39 is 0 Å². The van der Waals surface area contributed by atoms with Crippen molar-refractivity contribution in [3.63, 3.8) is 0 Å². The summed E-state index contributed by atoms with van der Waals surface area (Å²) >= 11 is 1.71. The summed E-state index contributed by atoms with van der Waals surface area (Å²) in [6.07, 6.45) is 1.92. The molecule has 0 bridgehead atoms. The van der Waals surface area contributed by atoms with Gasteiger partial charge in [0.1, 0.15) is 0 Å². The zero-order valence-electron chi connectivity index (χ0n) is 10.1. The minimum Gasteiger partial charge on any atom is -0.480 e. The Kier molecular flexibility index (Phi) is 4.58. The van der Waals surface area contributed by atoms with Gasteiger partial charge in [0, 0.05) is 13.1 Å². The third-order valence-electron chi connectivity index (χ3n) is 2.73. The molecule has 0 spiro atoms. The van der Waals surface area contributed by atoms with E-state index in [1.54, 1.807) is 18.4 Å². The second kappa shape index (κ2) is 6.18. The number of hydrogen-bond donors (Lipinski definition) is 1. The van der Waals surface area contributed by atoms with Crippen LogP contribution in [0.2, 0.25) is 0 Å². The first-order chi connectivity index (χ1) is 8.35. The summed E-state index contributed by atoms with van der Waals surface area (Å²) in [5.41, 5.74) is 5.53. The molecule has 0 radical (unpaired) electrons. The van der Waals surface area contributed by atoms with Crippen molar-refractivity contribution in [2.75, 3.05) is 44.9 Å². The normalized spacial score (nSPS) is 16.2. The van der Waals surface area contributed by atoms with Crippen LogP contribution in [0.25, 0.3) is 0 Å². The Morgan fingerprint density at radius 3 is 2.88 bits per heavy atom. The highest BCUT2D eigenvalue weighted by atomic mass is 32.1. The fourth-order valence-electron chi connectivity index (χ4n) is 1.80. The molecular weight excluding hydrogens is 238 g/mol. The van der Waals surface area contributed by atoms with E-state index in [0.717, 1.165) is 50.2 Å². The summed E-state index contributed by atoms with van der Waals surface area (Å²) in [4.78, 5) is 7.98. The van der Waals surface area contributed by atoms with Crippen LogP contribution in [-0.2, 0) is 11.2 Å². The number of nitrogens with zero attached hydrogens (tertiary/aromatic N) is 2. The van der Waals surface area contributed by atoms with Gasteiger partial charge < -0.3 is 20.1 Å². The maximum absolute atomic E-state index is 5.53. The van der Waals surface area contributed by atoms with Crippen LogP contribution in [-0.4, -0.2) is 44.9 Å². The standard InChI is InChI=1S/C11H19N3O2S/c1-15-10-9(3-2-4-12)17-11(13-10)14-5-7-16-8-6-14/h2-8,12H2,1H3. The lowest BCUT2D eigenvalue weighted by atomic mass is 10.3. The van der Waals surface area contributed by atoms with E-state index in [4.69, 9.17) is 15.2 Å². The third kappa shape index (κ3) is 3.08. The number of rotatable bonds is 5. The van der Waals surface area contributed by atoms with Crippen molar-refractivity contribution < 1.29 is 9.47 Å². The number of aryl methyl sites for hydroxylation is 1. The number of aromatic nitrogens is 1. The van der Waals surface area contributed by atoms with Crippen molar-refractivity contribution in [3.05, 3.63) is 4.88 Å². The predicted molar refractivity (Wildman–Crippen MR) is 69.1 cm³/mol. The second-order valence-electron chi connectivity index (χ2n) is 3.92. The summed E-state index contributed by atoms with van der Waals surface area (Å²) in [5, 5.41) is 1.04. The monoisotopic (exact) mass is 257 g/mol. The highest BCUT2D eigenvalue weighted by molar-refractivity contribution is 7.15. The van der Waals surface area contributed by atoms with E-state index >= 15 is 0 Å². The van der Waals surface area contributed by atoms with E-state index in [2.05, 4.69) is 9.88 Å². The smallest absolute Gasteiger partial charge is 0.229 e. The molecule has 5 nitrogen and oxygen atoms in total. The lowest BCUT2D eigenvalue weighted by Gasteiger charge is -2.25. The first-order valence-electron chi connectivity index (χ1n) is 5.91. The average molecular weight is 257 g/mol. The van der Waals surface area contributed by atoms with Crippen LogP contribution >= 0.6 is 11.3 Å². The number of morpholine rings is 1. The van der Waals surface area contributed by atoms with Gasteiger partial charge in [-0.15, -0.1) is 0 Å². The van der Waals surface area contributed by atoms with Gasteiger partial charge in [-0.05, 0) is 19.4 Å². The van der Waals surface area contributed by atoms with Crippen LogP contribution in [0.5, 0.6) is 5.88 Å². The molecule has 1 aliphatic heterocycles. The van der Waals surface area contributed by atoms with Crippen LogP contribution in [0.4, 0.5) is 5.13 Å². The second-order valence-corrected chi connectivity index (χ2v) is 4.98. The Hall–Kier alpha value is -0.850. The molecule has 0 saturated carbocycles. The van der Waals surface area contributed by atoms with Gasteiger partial charge in [-0.3, -0.25) is 0 Å². The molecule has 1 aromatic rings. The Bertz CT molecular complexity index is 350. The molecule has 1 fully saturated rings. The molecule has 0 amide bonds. The van der Waals surface area contributed by atoms with Gasteiger partial charge in [-0.2, -0.15) is 4.98 Å². The predicted octanol–water partition coefficient (Wildman–Crippen LogP) is 0.880. The fourth-order valence-corrected chi connectivity index (χ4v) is 2.92. The van der Waals surface area contributed by atoms with E-state index in [1.165, 1.54) is 4.88 Å². The SMILES string of the molecule is COc1nc(N2CCOCC2)sc1CCCN. The first-order valence-corrected chi connectivity index (χ1v) is 6.73. The number of anilines is 1. The molecule has 17 heavy (non-hydrogen) atoms. The van der Waals surface area contributed by atoms with Gasteiger partial charge in [0.25, 0.3) is 0 Å². The Morgan fingerprint density at radius 2 is 2.24 bits per heavy atom. The quantitative estimate of drug-likeness (QED) is 0.848. The molecule has 0 aromatic carbocycles. The van der Waals surface area contributed by atoms with E-state index in [9.17, 15) is 0 Å². The number of methoxy groups -OCH3 is 1. The van der Waals surface area contributed by atoms with Gasteiger partial charge in [0.2, 0.25) is 5.88 Å². The minimum atomic E-state index is 0.702. The fraction of sp³-hybridized carbons (Fsp3) is 0.727. The van der Waals surface area contributed by atoms with Crippen molar-refractivity contribution in [2.24, 2.45) is 5.73 Å². The molecule has 96 valence electrons. The zero-order chi connectivity index (χ0) is 12.1. The third-order valence-corrected chi connectivity index (χ3v) is 3.89. The molecule has 1 saturated heterocycles. The highest BCUT2D eigenvalue weighted by Crippen LogP contribution is 2.32. The van der Waals surface area contributed by atoms with Crippen molar-refractivity contribution in [1.82, 2.24) is 4.98 Å². The first kappa shape index (κ1) is 12.6. The number of hydrogen-bond acceptors (Lipinski definition) is 6. The van der Waals surface area contributed by atoms with Crippen molar-refractivity contribution in [3.8, 4) is 5.88 Å². The molecule has 1 aliphatic rings. The summed E-state index contributed by atoms with van der Waals surface area (Å²) in [7, 11) is 1.67. The van der Waals surface area contributed by atoms with Gasteiger partial charge in [0.15, 0.2) is 5.13 Å². The minimum absolute atomic E-state index is 0.702. The van der Waals surface area contributed by atoms with Crippen molar-refractivity contribution in [1.29, 1.82) is 0 Å². The van der Waals surface area contributed by atoms with Gasteiger partial charge in [-0.1, -0.05) is 11.3 Å². The molecule has 2 heterocycles. The number of nitrogens with two attached hydrogens (primary N) is 1. The lowest BCUT2D eigenvalue weighted by Crippen LogP contribution is -2.36. The van der Waals surface area contributed by atoms with Crippen LogP contribution in [0, 0.1) is 0 Å². The molecule has 0 unspecified atom stereocenters. The summed E-state index contributed by atoms with van der Waals surface area (Å²) in [6, 6.07) is 0. The number of ether oxygens (including phenoxy) is 2. The molecule has 2 N–H and O–H groups in total. The average Bonchev–Trinajstić information content (AvgIpc) is 2.80. The lowest BCUT2D eigenvalue weighted by molar-refractivity contribution is 0.122. The van der Waals surface area contributed by atoms with Crippen LogP contribution in [0.1, 0.15) is 11.3 Å². The molecule has 6 heteroatoms. The molecule has 0 atom stereocenters. The van der Waals surface area contributed by atoms with Crippen LogP contribution in [0.3, 0.4) is 0 Å².